The summed E-state index contributed by atoms with van der Waals surface area (Å²) in [6.45, 7) is 2.40. The Hall–Kier alpha value is -0.380. The zero-order valence-corrected chi connectivity index (χ0v) is 13.3. The van der Waals surface area contributed by atoms with Crippen LogP contribution in [0.4, 0.5) is 0 Å². The van der Waals surface area contributed by atoms with E-state index in [0.717, 1.165) is 0 Å². The molecule has 0 bridgehead atoms. The second-order valence-corrected chi connectivity index (χ2v) is 7.01. The molecule has 0 radical (unpaired) electrons. The molecule has 0 aromatic carbocycles. The summed E-state index contributed by atoms with van der Waals surface area (Å²) in [6.07, 6.45) is 9.45. The van der Waals surface area contributed by atoms with E-state index in [1.807, 2.05) is 11.3 Å². The van der Waals surface area contributed by atoms with Crippen molar-refractivity contribution < 1.29 is 0 Å². The van der Waals surface area contributed by atoms with Gasteiger partial charge in [0.15, 0.2) is 0 Å². The maximum absolute atomic E-state index is 3.62. The second kappa shape index (κ2) is 7.41. The maximum atomic E-state index is 3.62. The van der Waals surface area contributed by atoms with Gasteiger partial charge in [0.2, 0.25) is 0 Å². The molecule has 108 valence electrons. The Morgan fingerprint density at radius 1 is 1.26 bits per heavy atom. The number of nitrogens with zero attached hydrogens (tertiary/aromatic N) is 1. The maximum Gasteiger partial charge on any atom is 0.0190 e. The normalized spacial score (nSPS) is 18.9. The van der Waals surface area contributed by atoms with Crippen LogP contribution in [0.15, 0.2) is 17.5 Å². The summed E-state index contributed by atoms with van der Waals surface area (Å²) in [5, 5.41) is 5.79. The van der Waals surface area contributed by atoms with Crippen molar-refractivity contribution in [1.82, 2.24) is 10.2 Å². The van der Waals surface area contributed by atoms with E-state index in [0.29, 0.717) is 5.54 Å². The largest absolute Gasteiger partial charge is 0.314 e. The van der Waals surface area contributed by atoms with Crippen molar-refractivity contribution in [3.63, 3.8) is 0 Å². The molecule has 1 heterocycles. The average Bonchev–Trinajstić information content (AvgIpc) is 2.97. The fraction of sp³-hybridized carbons (Fsp3) is 0.750. The monoisotopic (exact) mass is 280 g/mol. The van der Waals surface area contributed by atoms with Crippen molar-refractivity contribution >= 4 is 11.3 Å². The van der Waals surface area contributed by atoms with Gasteiger partial charge >= 0.3 is 0 Å². The van der Waals surface area contributed by atoms with Crippen LogP contribution < -0.4 is 5.32 Å². The molecule has 1 aliphatic carbocycles. The smallest absolute Gasteiger partial charge is 0.0190 e. The summed E-state index contributed by atoms with van der Waals surface area (Å²) in [5.74, 6) is 0. The van der Waals surface area contributed by atoms with E-state index in [1.165, 1.54) is 62.9 Å². The average molecular weight is 280 g/mol. The van der Waals surface area contributed by atoms with Crippen LogP contribution in [0.5, 0.6) is 0 Å². The summed E-state index contributed by atoms with van der Waals surface area (Å²) in [7, 11) is 4.41. The first-order chi connectivity index (χ1) is 9.24. The summed E-state index contributed by atoms with van der Waals surface area (Å²) < 4.78 is 0. The molecule has 2 nitrogen and oxygen atoms in total. The number of rotatable bonds is 7. The zero-order chi connectivity index (χ0) is 13.6. The van der Waals surface area contributed by atoms with Crippen molar-refractivity contribution in [1.29, 1.82) is 0 Å². The van der Waals surface area contributed by atoms with E-state index in [9.17, 15) is 0 Å². The molecular formula is C16H28N2S. The van der Waals surface area contributed by atoms with Gasteiger partial charge in [-0.25, -0.2) is 0 Å². The van der Waals surface area contributed by atoms with Crippen LogP contribution in [0.3, 0.4) is 0 Å². The molecule has 0 atom stereocenters. The Labute approximate surface area is 122 Å². The van der Waals surface area contributed by atoms with Gasteiger partial charge in [-0.1, -0.05) is 25.3 Å². The highest BCUT2D eigenvalue weighted by atomic mass is 32.1. The lowest BCUT2D eigenvalue weighted by molar-refractivity contribution is 0.197. The predicted octanol–water partition coefficient (Wildman–Crippen LogP) is 3.53. The van der Waals surface area contributed by atoms with E-state index in [1.54, 1.807) is 0 Å². The molecule has 0 amide bonds. The van der Waals surface area contributed by atoms with Gasteiger partial charge in [-0.05, 0) is 57.8 Å². The minimum absolute atomic E-state index is 0.426. The Kier molecular flexibility index (Phi) is 5.86. The van der Waals surface area contributed by atoms with Crippen molar-refractivity contribution in [3.8, 4) is 0 Å². The standard InChI is InChI=1S/C16H28N2S/c1-17-16(9-4-3-5-10-16)11-13-18(2)12-8-15-7-6-14-19-15/h6-7,14,17H,3-5,8-13H2,1-2H3. The number of thiophene rings is 1. The van der Waals surface area contributed by atoms with Gasteiger partial charge in [0.05, 0.1) is 0 Å². The summed E-state index contributed by atoms with van der Waals surface area (Å²) >= 11 is 1.88. The molecule has 1 saturated carbocycles. The Morgan fingerprint density at radius 2 is 2.05 bits per heavy atom. The van der Waals surface area contributed by atoms with Crippen LogP contribution in [0.25, 0.3) is 0 Å². The molecule has 3 heteroatoms. The van der Waals surface area contributed by atoms with Gasteiger partial charge in [-0.2, -0.15) is 0 Å². The third-order valence-corrected chi connectivity index (χ3v) is 5.57. The molecule has 19 heavy (non-hydrogen) atoms. The van der Waals surface area contributed by atoms with Crippen LogP contribution in [-0.2, 0) is 6.42 Å². The first kappa shape index (κ1) is 15.0. The van der Waals surface area contributed by atoms with Gasteiger partial charge in [-0.3, -0.25) is 0 Å². The Morgan fingerprint density at radius 3 is 2.68 bits per heavy atom. The van der Waals surface area contributed by atoms with Crippen LogP contribution in [0.2, 0.25) is 0 Å². The summed E-state index contributed by atoms with van der Waals surface area (Å²) in [5.41, 5.74) is 0.426. The van der Waals surface area contributed by atoms with Crippen LogP contribution in [0, 0.1) is 0 Å². The Bertz CT molecular complexity index is 342. The zero-order valence-electron chi connectivity index (χ0n) is 12.5. The van der Waals surface area contributed by atoms with Gasteiger partial charge < -0.3 is 10.2 Å². The molecule has 1 fully saturated rings. The lowest BCUT2D eigenvalue weighted by Gasteiger charge is -2.38. The molecule has 0 spiro atoms. The van der Waals surface area contributed by atoms with Crippen molar-refractivity contribution in [2.75, 3.05) is 27.2 Å². The van der Waals surface area contributed by atoms with Crippen LogP contribution in [-0.4, -0.2) is 37.6 Å². The molecular weight excluding hydrogens is 252 g/mol. The second-order valence-electron chi connectivity index (χ2n) is 5.97. The highest BCUT2D eigenvalue weighted by Gasteiger charge is 2.29. The Balaban J connectivity index is 1.71. The van der Waals surface area contributed by atoms with Crippen molar-refractivity contribution in [3.05, 3.63) is 22.4 Å². The number of likely N-dealkylation sites (N-methyl/N-ethyl adjacent to an activating group) is 1. The predicted molar refractivity (Wildman–Crippen MR) is 85.0 cm³/mol. The van der Waals surface area contributed by atoms with E-state index < -0.39 is 0 Å². The fourth-order valence-corrected chi connectivity index (χ4v) is 3.82. The lowest BCUT2D eigenvalue weighted by Crippen LogP contribution is -2.46. The van der Waals surface area contributed by atoms with E-state index in [-0.39, 0.29) is 0 Å². The van der Waals surface area contributed by atoms with E-state index >= 15 is 0 Å². The van der Waals surface area contributed by atoms with Crippen LogP contribution in [0.1, 0.15) is 43.4 Å². The van der Waals surface area contributed by atoms with Gasteiger partial charge in [0, 0.05) is 17.0 Å². The number of hydrogen-bond donors (Lipinski definition) is 1. The molecule has 2 rings (SSSR count). The van der Waals surface area contributed by atoms with Crippen molar-refractivity contribution in [2.24, 2.45) is 0 Å². The summed E-state index contributed by atoms with van der Waals surface area (Å²) in [4.78, 5) is 4.00. The van der Waals surface area contributed by atoms with Crippen LogP contribution >= 0.6 is 11.3 Å². The fourth-order valence-electron chi connectivity index (χ4n) is 3.13. The quantitative estimate of drug-likeness (QED) is 0.822. The lowest BCUT2D eigenvalue weighted by atomic mass is 9.79. The molecule has 1 aliphatic rings. The number of nitrogens with one attached hydrogen (secondary N) is 1. The topological polar surface area (TPSA) is 15.3 Å². The molecule has 1 aromatic rings. The minimum Gasteiger partial charge on any atom is -0.314 e. The first-order valence-electron chi connectivity index (χ1n) is 7.64. The van der Waals surface area contributed by atoms with Crippen molar-refractivity contribution in [2.45, 2.75) is 50.5 Å². The summed E-state index contributed by atoms with van der Waals surface area (Å²) in [6, 6.07) is 4.40. The van der Waals surface area contributed by atoms with E-state index in [2.05, 4.69) is 41.8 Å². The molecule has 0 aliphatic heterocycles. The highest BCUT2D eigenvalue weighted by molar-refractivity contribution is 7.09. The van der Waals surface area contributed by atoms with Gasteiger partial charge in [0.25, 0.3) is 0 Å². The third-order valence-electron chi connectivity index (χ3n) is 4.63. The molecule has 0 unspecified atom stereocenters. The van der Waals surface area contributed by atoms with E-state index in [4.69, 9.17) is 0 Å². The third kappa shape index (κ3) is 4.59. The first-order valence-corrected chi connectivity index (χ1v) is 8.52. The van der Waals surface area contributed by atoms with Gasteiger partial charge in [-0.15, -0.1) is 11.3 Å². The molecule has 1 N–H and O–H groups in total. The molecule has 1 aromatic heterocycles. The molecule has 0 saturated heterocycles. The van der Waals surface area contributed by atoms with Gasteiger partial charge in [0.1, 0.15) is 0 Å². The number of hydrogen-bond acceptors (Lipinski definition) is 3. The minimum atomic E-state index is 0.426. The highest BCUT2D eigenvalue weighted by Crippen LogP contribution is 2.30. The SMILES string of the molecule is CNC1(CCN(C)CCc2cccs2)CCCCC1.